The molecule has 0 amide bonds. The molecule has 0 aliphatic heterocycles. The lowest BCUT2D eigenvalue weighted by molar-refractivity contribution is 0.415. The monoisotopic (exact) mass is 269 g/mol. The normalized spacial score (nSPS) is 10.4. The van der Waals surface area contributed by atoms with Crippen molar-refractivity contribution in [3.63, 3.8) is 0 Å². The van der Waals surface area contributed by atoms with Crippen LogP contribution in [0.15, 0.2) is 18.2 Å². The Kier molecular flexibility index (Phi) is 3.54. The zero-order valence-corrected chi connectivity index (χ0v) is 11.4. The lowest BCUT2D eigenvalue weighted by atomic mass is 10.2. The van der Waals surface area contributed by atoms with Gasteiger partial charge in [-0.15, -0.1) is 0 Å². The van der Waals surface area contributed by atoms with Gasteiger partial charge in [-0.25, -0.2) is 4.98 Å². The smallest absolute Gasteiger partial charge is 0.197 e. The minimum atomic E-state index is 0.626. The van der Waals surface area contributed by atoms with Gasteiger partial charge in [-0.05, 0) is 25.1 Å². The average molecular weight is 270 g/mol. The van der Waals surface area contributed by atoms with Gasteiger partial charge in [0.2, 0.25) is 0 Å². The molecule has 90 valence electrons. The van der Waals surface area contributed by atoms with Crippen LogP contribution in [0.3, 0.4) is 0 Å². The molecule has 2 rings (SSSR count). The van der Waals surface area contributed by atoms with E-state index in [1.54, 1.807) is 20.3 Å². The van der Waals surface area contributed by atoms with Gasteiger partial charge in [-0.3, -0.25) is 0 Å². The Labute approximate surface area is 109 Å². The number of aromatic nitrogens is 1. The van der Waals surface area contributed by atoms with E-state index in [0.29, 0.717) is 5.02 Å². The Hall–Kier alpha value is -1.26. The maximum Gasteiger partial charge on any atom is 0.197 e. The van der Waals surface area contributed by atoms with Crippen molar-refractivity contribution in [1.29, 1.82) is 0 Å². The molecule has 0 aliphatic carbocycles. The van der Waals surface area contributed by atoms with E-state index in [2.05, 4.69) is 4.98 Å². The number of rotatable bonds is 3. The van der Waals surface area contributed by atoms with Gasteiger partial charge in [0.1, 0.15) is 10.8 Å². The first kappa shape index (κ1) is 12.2. The first-order chi connectivity index (χ1) is 8.15. The second kappa shape index (κ2) is 4.94. The van der Waals surface area contributed by atoms with Crippen LogP contribution in [0.4, 0.5) is 0 Å². The fourth-order valence-electron chi connectivity index (χ4n) is 1.48. The maximum absolute atomic E-state index is 6.19. The Balaban J connectivity index is 2.45. The highest BCUT2D eigenvalue weighted by molar-refractivity contribution is 7.17. The van der Waals surface area contributed by atoms with Gasteiger partial charge < -0.3 is 9.47 Å². The molecular formula is C12H12ClNO2S. The fourth-order valence-corrected chi connectivity index (χ4v) is 2.72. The molecule has 1 heterocycles. The van der Waals surface area contributed by atoms with Crippen molar-refractivity contribution in [2.75, 3.05) is 14.2 Å². The van der Waals surface area contributed by atoms with E-state index in [1.807, 2.05) is 19.1 Å². The molecule has 0 saturated heterocycles. The summed E-state index contributed by atoms with van der Waals surface area (Å²) >= 11 is 7.67. The molecule has 1 aromatic heterocycles. The van der Waals surface area contributed by atoms with Crippen LogP contribution in [0.1, 0.15) is 5.69 Å². The van der Waals surface area contributed by atoms with Crippen molar-refractivity contribution >= 4 is 22.9 Å². The maximum atomic E-state index is 6.19. The van der Waals surface area contributed by atoms with Crippen LogP contribution in [0, 0.1) is 6.92 Å². The summed E-state index contributed by atoms with van der Waals surface area (Å²) in [5, 5.41) is 2.29. The summed E-state index contributed by atoms with van der Waals surface area (Å²) in [6, 6.07) is 5.55. The first-order valence-electron chi connectivity index (χ1n) is 5.01. The number of methoxy groups -OCH3 is 2. The van der Waals surface area contributed by atoms with Crippen molar-refractivity contribution in [3.8, 4) is 21.4 Å². The van der Waals surface area contributed by atoms with Gasteiger partial charge in [0, 0.05) is 5.56 Å². The molecule has 3 nitrogen and oxygen atoms in total. The van der Waals surface area contributed by atoms with Crippen molar-refractivity contribution in [2.24, 2.45) is 0 Å². The zero-order valence-electron chi connectivity index (χ0n) is 9.78. The Morgan fingerprint density at radius 1 is 1.24 bits per heavy atom. The highest BCUT2D eigenvalue weighted by atomic mass is 35.5. The molecule has 5 heteroatoms. The number of halogens is 1. The molecular weight excluding hydrogens is 258 g/mol. The minimum absolute atomic E-state index is 0.626. The first-order valence-corrected chi connectivity index (χ1v) is 6.20. The predicted molar refractivity (Wildman–Crippen MR) is 70.4 cm³/mol. The molecule has 0 spiro atoms. The van der Waals surface area contributed by atoms with Gasteiger partial charge >= 0.3 is 0 Å². The van der Waals surface area contributed by atoms with Crippen molar-refractivity contribution in [3.05, 3.63) is 28.9 Å². The van der Waals surface area contributed by atoms with Crippen LogP contribution in [-0.2, 0) is 0 Å². The van der Waals surface area contributed by atoms with E-state index in [4.69, 9.17) is 21.1 Å². The number of ether oxygens (including phenoxy) is 2. The predicted octanol–water partition coefficient (Wildman–Crippen LogP) is 3.79. The molecule has 0 bridgehead atoms. The van der Waals surface area contributed by atoms with Gasteiger partial charge in [0.25, 0.3) is 0 Å². The van der Waals surface area contributed by atoms with E-state index >= 15 is 0 Å². The third-order valence-corrected chi connectivity index (χ3v) is 3.81. The van der Waals surface area contributed by atoms with Crippen LogP contribution in [0.25, 0.3) is 10.6 Å². The second-order valence-electron chi connectivity index (χ2n) is 3.44. The van der Waals surface area contributed by atoms with Crippen LogP contribution >= 0.6 is 22.9 Å². The van der Waals surface area contributed by atoms with E-state index in [9.17, 15) is 0 Å². The second-order valence-corrected chi connectivity index (χ2v) is 4.81. The number of benzene rings is 1. The summed E-state index contributed by atoms with van der Waals surface area (Å²) in [6.07, 6.45) is 0. The molecule has 1 aromatic carbocycles. The fraction of sp³-hybridized carbons (Fsp3) is 0.250. The summed E-state index contributed by atoms with van der Waals surface area (Å²) in [5.41, 5.74) is 1.77. The highest BCUT2D eigenvalue weighted by Crippen LogP contribution is 2.37. The summed E-state index contributed by atoms with van der Waals surface area (Å²) in [6.45, 7) is 1.91. The van der Waals surface area contributed by atoms with Crippen molar-refractivity contribution in [1.82, 2.24) is 4.98 Å². The summed E-state index contributed by atoms with van der Waals surface area (Å²) in [4.78, 5) is 4.44. The van der Waals surface area contributed by atoms with Crippen LogP contribution in [-0.4, -0.2) is 19.2 Å². The molecule has 0 radical (unpaired) electrons. The van der Waals surface area contributed by atoms with Crippen LogP contribution in [0.2, 0.25) is 5.02 Å². The van der Waals surface area contributed by atoms with Crippen molar-refractivity contribution < 1.29 is 9.47 Å². The third-order valence-electron chi connectivity index (χ3n) is 2.35. The quantitative estimate of drug-likeness (QED) is 0.850. The van der Waals surface area contributed by atoms with E-state index in [-0.39, 0.29) is 0 Å². The Bertz CT molecular complexity index is 539. The SMILES string of the molecule is COc1ccc(-c2nc(C)c(OC)s2)c(Cl)c1. The van der Waals surface area contributed by atoms with Gasteiger partial charge in [0.05, 0.1) is 24.9 Å². The van der Waals surface area contributed by atoms with E-state index < -0.39 is 0 Å². The van der Waals surface area contributed by atoms with Gasteiger partial charge in [0.15, 0.2) is 5.06 Å². The minimum Gasteiger partial charge on any atom is -0.497 e. The lowest BCUT2D eigenvalue weighted by Crippen LogP contribution is -1.84. The van der Waals surface area contributed by atoms with E-state index in [1.165, 1.54) is 11.3 Å². The molecule has 0 aliphatic rings. The standard InChI is InChI=1S/C12H12ClNO2S/c1-7-12(16-3)17-11(14-7)9-5-4-8(15-2)6-10(9)13/h4-6H,1-3H3. The third kappa shape index (κ3) is 2.37. The summed E-state index contributed by atoms with van der Waals surface area (Å²) in [7, 11) is 3.25. The van der Waals surface area contributed by atoms with Crippen molar-refractivity contribution in [2.45, 2.75) is 6.92 Å². The van der Waals surface area contributed by atoms with Gasteiger partial charge in [-0.2, -0.15) is 0 Å². The van der Waals surface area contributed by atoms with Gasteiger partial charge in [-0.1, -0.05) is 22.9 Å². The molecule has 2 aromatic rings. The Morgan fingerprint density at radius 2 is 2.00 bits per heavy atom. The average Bonchev–Trinajstić information content (AvgIpc) is 2.70. The lowest BCUT2D eigenvalue weighted by Gasteiger charge is -2.03. The Morgan fingerprint density at radius 3 is 2.53 bits per heavy atom. The summed E-state index contributed by atoms with van der Waals surface area (Å²) < 4.78 is 10.3. The number of hydrogen-bond donors (Lipinski definition) is 0. The largest absolute Gasteiger partial charge is 0.497 e. The highest BCUT2D eigenvalue weighted by Gasteiger charge is 2.12. The molecule has 0 atom stereocenters. The summed E-state index contributed by atoms with van der Waals surface area (Å²) in [5.74, 6) is 0.735. The number of nitrogens with zero attached hydrogens (tertiary/aromatic N) is 1. The number of thiazole rings is 1. The number of aryl methyl sites for hydroxylation is 1. The molecule has 17 heavy (non-hydrogen) atoms. The van der Waals surface area contributed by atoms with Crippen LogP contribution < -0.4 is 9.47 Å². The molecule has 0 fully saturated rings. The topological polar surface area (TPSA) is 31.4 Å². The molecule has 0 unspecified atom stereocenters. The zero-order chi connectivity index (χ0) is 12.4. The van der Waals surface area contributed by atoms with Crippen LogP contribution in [0.5, 0.6) is 10.8 Å². The number of hydrogen-bond acceptors (Lipinski definition) is 4. The molecule has 0 saturated carbocycles. The molecule has 0 N–H and O–H groups in total. The van der Waals surface area contributed by atoms with E-state index in [0.717, 1.165) is 27.1 Å².